The number of hydrogen-bond acceptors (Lipinski definition) is 5. The molecule has 1 aromatic rings. The van der Waals surface area contributed by atoms with Gasteiger partial charge < -0.3 is 14.7 Å². The number of rotatable bonds is 2. The first-order valence-corrected chi connectivity index (χ1v) is 6.80. The normalized spacial score (nSPS) is 19.5. The lowest BCUT2D eigenvalue weighted by molar-refractivity contribution is 0.359. The van der Waals surface area contributed by atoms with Crippen LogP contribution in [0.2, 0.25) is 0 Å². The monoisotopic (exact) mass is 265 g/mol. The van der Waals surface area contributed by atoms with Crippen LogP contribution in [0.1, 0.15) is 12.7 Å². The molecule has 0 bridgehead atoms. The average Bonchev–Trinajstić information content (AvgIpc) is 2.35. The molecular weight excluding hydrogens is 245 g/mol. The third-order valence-electron chi connectivity index (χ3n) is 3.75. The van der Waals surface area contributed by atoms with E-state index in [1.165, 1.54) is 0 Å². The lowest BCUT2D eigenvalue weighted by atomic mass is 10.2. The van der Waals surface area contributed by atoms with Gasteiger partial charge in [0, 0.05) is 33.2 Å². The van der Waals surface area contributed by atoms with Crippen LogP contribution in [0.15, 0.2) is 0 Å². The molecule has 1 atom stereocenters. The number of alkyl halides is 1. The number of anilines is 3. The van der Waals surface area contributed by atoms with Crippen LogP contribution in [0, 0.1) is 6.92 Å². The van der Waals surface area contributed by atoms with E-state index < -0.39 is 6.17 Å². The van der Waals surface area contributed by atoms with Crippen LogP contribution < -0.4 is 14.7 Å². The molecule has 0 saturated carbocycles. The Morgan fingerprint density at radius 3 is 2.58 bits per heavy atom. The van der Waals surface area contributed by atoms with E-state index in [0.717, 1.165) is 49.3 Å². The molecule has 0 saturated heterocycles. The Morgan fingerprint density at radius 2 is 1.84 bits per heavy atom. The molecule has 0 amide bonds. The van der Waals surface area contributed by atoms with Crippen molar-refractivity contribution in [1.29, 1.82) is 0 Å². The zero-order chi connectivity index (χ0) is 13.6. The largest absolute Gasteiger partial charge is 0.362 e. The zero-order valence-electron chi connectivity index (χ0n) is 11.7. The Kier molecular flexibility index (Phi) is 2.95. The number of nitrogens with zero attached hydrogens (tertiary/aromatic N) is 5. The highest BCUT2D eigenvalue weighted by Crippen LogP contribution is 2.40. The van der Waals surface area contributed by atoms with Crippen LogP contribution in [0.3, 0.4) is 0 Å². The maximum absolute atomic E-state index is 13.3. The Bertz CT molecular complexity index is 490. The summed E-state index contributed by atoms with van der Waals surface area (Å²) < 4.78 is 13.3. The predicted octanol–water partition coefficient (Wildman–Crippen LogP) is 1.22. The second-order valence-corrected chi connectivity index (χ2v) is 5.40. The summed E-state index contributed by atoms with van der Waals surface area (Å²) in [4.78, 5) is 15.6. The third-order valence-corrected chi connectivity index (χ3v) is 3.75. The van der Waals surface area contributed by atoms with E-state index in [1.807, 2.05) is 11.8 Å². The number of halogens is 1. The van der Waals surface area contributed by atoms with Gasteiger partial charge in [-0.05, 0) is 13.8 Å². The fraction of sp³-hybridized carbons (Fsp3) is 0.692. The van der Waals surface area contributed by atoms with Crippen molar-refractivity contribution in [3.8, 4) is 0 Å². The maximum atomic E-state index is 13.3. The minimum Gasteiger partial charge on any atom is -0.362 e. The summed E-state index contributed by atoms with van der Waals surface area (Å²) in [6, 6.07) is 0. The summed E-state index contributed by atoms with van der Waals surface area (Å²) >= 11 is 0. The number of aryl methyl sites for hydroxylation is 1. The van der Waals surface area contributed by atoms with Gasteiger partial charge in [0.15, 0.2) is 11.6 Å². The quantitative estimate of drug-likeness (QED) is 0.803. The summed E-state index contributed by atoms with van der Waals surface area (Å²) in [5, 5.41) is 0. The van der Waals surface area contributed by atoms with E-state index in [1.54, 1.807) is 6.92 Å². The van der Waals surface area contributed by atoms with Gasteiger partial charge in [-0.1, -0.05) is 0 Å². The van der Waals surface area contributed by atoms with E-state index in [0.29, 0.717) is 6.54 Å². The van der Waals surface area contributed by atoms with Crippen molar-refractivity contribution in [2.75, 3.05) is 54.5 Å². The first-order valence-electron chi connectivity index (χ1n) is 6.80. The van der Waals surface area contributed by atoms with Gasteiger partial charge in [0.25, 0.3) is 0 Å². The summed E-state index contributed by atoms with van der Waals surface area (Å²) in [5.41, 5.74) is 1.08. The van der Waals surface area contributed by atoms with Crippen molar-refractivity contribution in [3.63, 3.8) is 0 Å². The molecule has 0 aromatic carbocycles. The fourth-order valence-electron chi connectivity index (χ4n) is 2.85. The number of aromatic nitrogens is 2. The molecule has 1 unspecified atom stereocenters. The fourth-order valence-corrected chi connectivity index (χ4v) is 2.85. The van der Waals surface area contributed by atoms with Crippen LogP contribution >= 0.6 is 0 Å². The molecule has 0 spiro atoms. The van der Waals surface area contributed by atoms with Crippen molar-refractivity contribution >= 4 is 17.3 Å². The Morgan fingerprint density at radius 1 is 1.16 bits per heavy atom. The molecule has 19 heavy (non-hydrogen) atoms. The summed E-state index contributed by atoms with van der Waals surface area (Å²) in [7, 11) is 2.05. The van der Waals surface area contributed by atoms with Crippen LogP contribution in [0.25, 0.3) is 0 Å². The van der Waals surface area contributed by atoms with Crippen molar-refractivity contribution in [2.24, 2.45) is 0 Å². The summed E-state index contributed by atoms with van der Waals surface area (Å²) in [6.45, 7) is 7.62. The smallest absolute Gasteiger partial charge is 0.158 e. The van der Waals surface area contributed by atoms with Gasteiger partial charge in [-0.2, -0.15) is 0 Å². The summed E-state index contributed by atoms with van der Waals surface area (Å²) in [6.07, 6.45) is -0.848. The highest BCUT2D eigenvalue weighted by atomic mass is 19.1. The molecular formula is C13H20FN5. The molecule has 5 nitrogen and oxygen atoms in total. The Labute approximate surface area is 113 Å². The van der Waals surface area contributed by atoms with Crippen molar-refractivity contribution in [3.05, 3.63) is 5.82 Å². The van der Waals surface area contributed by atoms with Crippen LogP contribution in [0.5, 0.6) is 0 Å². The van der Waals surface area contributed by atoms with Crippen molar-refractivity contribution < 1.29 is 4.39 Å². The van der Waals surface area contributed by atoms with E-state index in [2.05, 4.69) is 26.8 Å². The van der Waals surface area contributed by atoms with Crippen LogP contribution in [-0.2, 0) is 0 Å². The molecule has 0 fully saturated rings. The van der Waals surface area contributed by atoms with Crippen LogP contribution in [-0.4, -0.2) is 55.9 Å². The highest BCUT2D eigenvalue weighted by Gasteiger charge is 2.32. The van der Waals surface area contributed by atoms with Gasteiger partial charge >= 0.3 is 0 Å². The molecule has 2 aliphatic heterocycles. The third kappa shape index (κ3) is 2.09. The second-order valence-electron chi connectivity index (χ2n) is 5.40. The lowest BCUT2D eigenvalue weighted by Crippen LogP contribution is -2.49. The molecule has 0 aliphatic carbocycles. The molecule has 2 aliphatic rings. The molecule has 6 heteroatoms. The first kappa shape index (κ1) is 12.4. The minimum absolute atomic E-state index is 0.403. The molecule has 1 aromatic heterocycles. The zero-order valence-corrected chi connectivity index (χ0v) is 11.7. The van der Waals surface area contributed by atoms with E-state index in [4.69, 9.17) is 0 Å². The minimum atomic E-state index is -0.848. The van der Waals surface area contributed by atoms with Gasteiger partial charge in [-0.25, -0.2) is 14.4 Å². The lowest BCUT2D eigenvalue weighted by Gasteiger charge is -2.43. The van der Waals surface area contributed by atoms with Gasteiger partial charge in [-0.15, -0.1) is 0 Å². The van der Waals surface area contributed by atoms with Gasteiger partial charge in [0.1, 0.15) is 17.7 Å². The standard InChI is InChI=1S/C13H20FN5/c1-9(14)8-19-7-6-18-5-4-17(3)12-11(18)13(19)16-10(2)15-12/h9H,4-8H2,1-3H3. The van der Waals surface area contributed by atoms with Gasteiger partial charge in [-0.3, -0.25) is 0 Å². The molecule has 3 heterocycles. The van der Waals surface area contributed by atoms with Crippen LogP contribution in [0.4, 0.5) is 21.7 Å². The molecule has 0 radical (unpaired) electrons. The molecule has 104 valence electrons. The van der Waals surface area contributed by atoms with E-state index >= 15 is 0 Å². The Balaban J connectivity index is 2.08. The molecule has 3 rings (SSSR count). The predicted molar refractivity (Wildman–Crippen MR) is 75.0 cm³/mol. The maximum Gasteiger partial charge on any atom is 0.158 e. The Hall–Kier alpha value is -1.59. The van der Waals surface area contributed by atoms with E-state index in [9.17, 15) is 4.39 Å². The topological polar surface area (TPSA) is 35.5 Å². The number of hydrogen-bond donors (Lipinski definition) is 0. The average molecular weight is 265 g/mol. The van der Waals surface area contributed by atoms with E-state index in [-0.39, 0.29) is 0 Å². The highest BCUT2D eigenvalue weighted by molar-refractivity contribution is 5.82. The second kappa shape index (κ2) is 4.51. The van der Waals surface area contributed by atoms with Gasteiger partial charge in [0.2, 0.25) is 0 Å². The van der Waals surface area contributed by atoms with Gasteiger partial charge in [0.05, 0.1) is 6.54 Å². The van der Waals surface area contributed by atoms with Crippen molar-refractivity contribution in [1.82, 2.24) is 9.97 Å². The van der Waals surface area contributed by atoms with Crippen molar-refractivity contribution in [2.45, 2.75) is 20.0 Å². The SMILES string of the molecule is Cc1nc2c3c(n1)N(CC(C)F)CCN3CCN2C. The molecule has 0 N–H and O–H groups in total. The summed E-state index contributed by atoms with van der Waals surface area (Å²) in [5.74, 6) is 2.62. The first-order chi connectivity index (χ1) is 9.06. The number of likely N-dealkylation sites (N-methyl/N-ethyl adjacent to an activating group) is 1.